The second-order valence-electron chi connectivity index (χ2n) is 6.24. The van der Waals surface area contributed by atoms with Crippen molar-refractivity contribution in [2.24, 2.45) is 0 Å². The van der Waals surface area contributed by atoms with Gasteiger partial charge in [-0.1, -0.05) is 48.5 Å². The van der Waals surface area contributed by atoms with Gasteiger partial charge in [0.15, 0.2) is 5.82 Å². The zero-order valence-corrected chi connectivity index (χ0v) is 14.7. The molecule has 0 atom stereocenters. The molecule has 1 N–H and O–H groups in total. The minimum absolute atomic E-state index is 0.118. The molecule has 2 heterocycles. The fourth-order valence-electron chi connectivity index (χ4n) is 2.83. The lowest BCUT2D eigenvalue weighted by Crippen LogP contribution is -2.15. The van der Waals surface area contributed by atoms with E-state index in [1.54, 1.807) is 21.6 Å². The Kier molecular flexibility index (Phi) is 4.78. The number of anilines is 1. The minimum Gasteiger partial charge on any atom is -0.309 e. The zero-order valence-electron chi connectivity index (χ0n) is 14.7. The first-order valence-corrected chi connectivity index (χ1v) is 8.72. The van der Waals surface area contributed by atoms with E-state index in [1.807, 2.05) is 73.1 Å². The van der Waals surface area contributed by atoms with Crippen molar-refractivity contribution in [1.82, 2.24) is 19.6 Å². The highest BCUT2D eigenvalue weighted by atomic mass is 16.1. The topological polar surface area (TPSA) is 64.7 Å². The number of nitrogens with zero attached hydrogens (tertiary/aromatic N) is 4. The molecule has 4 rings (SSSR count). The second-order valence-corrected chi connectivity index (χ2v) is 6.24. The molecule has 1 amide bonds. The van der Waals surface area contributed by atoms with Gasteiger partial charge >= 0.3 is 0 Å². The van der Waals surface area contributed by atoms with E-state index in [2.05, 4.69) is 15.5 Å². The van der Waals surface area contributed by atoms with Gasteiger partial charge in [-0.2, -0.15) is 10.2 Å². The summed E-state index contributed by atoms with van der Waals surface area (Å²) in [5.41, 5.74) is 2.97. The summed E-state index contributed by atoms with van der Waals surface area (Å²) in [7, 11) is 0. The molecule has 0 radical (unpaired) electrons. The van der Waals surface area contributed by atoms with Gasteiger partial charge in [-0.05, 0) is 23.3 Å². The number of hydrogen-bond acceptors (Lipinski definition) is 3. The Bertz CT molecular complexity index is 1020. The standard InChI is InChI=1S/C21H19N5O/c27-21(13-18-14-22-26(16-18)19-9-5-2-6-10-19)23-20-11-12-25(24-20)15-17-7-3-1-4-8-17/h1-12,14,16H,13,15H2,(H,23,24,27). The largest absolute Gasteiger partial charge is 0.309 e. The first-order valence-electron chi connectivity index (χ1n) is 8.72. The van der Waals surface area contributed by atoms with Crippen molar-refractivity contribution < 1.29 is 4.79 Å². The molecule has 2 aromatic heterocycles. The number of benzene rings is 2. The fourth-order valence-corrected chi connectivity index (χ4v) is 2.83. The van der Waals surface area contributed by atoms with Crippen molar-refractivity contribution in [3.63, 3.8) is 0 Å². The Morgan fingerprint density at radius 2 is 1.67 bits per heavy atom. The molecule has 0 aliphatic heterocycles. The van der Waals surface area contributed by atoms with Crippen LogP contribution in [0.2, 0.25) is 0 Å². The third-order valence-electron chi connectivity index (χ3n) is 4.12. The number of hydrogen-bond donors (Lipinski definition) is 1. The summed E-state index contributed by atoms with van der Waals surface area (Å²) < 4.78 is 3.57. The Labute approximate surface area is 157 Å². The lowest BCUT2D eigenvalue weighted by atomic mass is 10.2. The van der Waals surface area contributed by atoms with Gasteiger partial charge in [0.1, 0.15) is 0 Å². The molecular weight excluding hydrogens is 338 g/mol. The van der Waals surface area contributed by atoms with E-state index >= 15 is 0 Å². The molecule has 0 bridgehead atoms. The number of rotatable bonds is 6. The van der Waals surface area contributed by atoms with Crippen LogP contribution in [0.25, 0.3) is 5.69 Å². The maximum absolute atomic E-state index is 12.3. The van der Waals surface area contributed by atoms with E-state index < -0.39 is 0 Å². The molecule has 0 aliphatic rings. The predicted octanol–water partition coefficient (Wildman–Crippen LogP) is 3.30. The fraction of sp³-hybridized carbons (Fsp3) is 0.0952. The van der Waals surface area contributed by atoms with Crippen LogP contribution in [0.4, 0.5) is 5.82 Å². The molecule has 2 aromatic carbocycles. The minimum atomic E-state index is -0.118. The molecular formula is C21H19N5O. The molecule has 0 unspecified atom stereocenters. The van der Waals surface area contributed by atoms with Crippen molar-refractivity contribution in [2.75, 3.05) is 5.32 Å². The van der Waals surface area contributed by atoms with Crippen LogP contribution in [-0.2, 0) is 17.8 Å². The van der Waals surface area contributed by atoms with E-state index in [9.17, 15) is 4.79 Å². The van der Waals surface area contributed by atoms with Gasteiger partial charge in [0, 0.05) is 18.5 Å². The van der Waals surface area contributed by atoms with Crippen molar-refractivity contribution in [2.45, 2.75) is 13.0 Å². The summed E-state index contributed by atoms with van der Waals surface area (Å²) in [6.45, 7) is 0.667. The molecule has 0 aliphatic carbocycles. The van der Waals surface area contributed by atoms with Gasteiger partial charge in [-0.3, -0.25) is 9.48 Å². The number of nitrogens with one attached hydrogen (secondary N) is 1. The van der Waals surface area contributed by atoms with Crippen LogP contribution < -0.4 is 5.32 Å². The average Bonchev–Trinajstić information content (AvgIpc) is 3.33. The maximum Gasteiger partial charge on any atom is 0.230 e. The highest BCUT2D eigenvalue weighted by Gasteiger charge is 2.09. The highest BCUT2D eigenvalue weighted by molar-refractivity contribution is 5.91. The molecule has 0 saturated heterocycles. The van der Waals surface area contributed by atoms with E-state index in [-0.39, 0.29) is 12.3 Å². The number of carbonyl (C=O) groups excluding carboxylic acids is 1. The van der Waals surface area contributed by atoms with Crippen LogP contribution in [0.3, 0.4) is 0 Å². The molecule has 0 fully saturated rings. The molecule has 6 nitrogen and oxygen atoms in total. The number of carbonyl (C=O) groups is 1. The second kappa shape index (κ2) is 7.70. The zero-order chi connectivity index (χ0) is 18.5. The summed E-state index contributed by atoms with van der Waals surface area (Å²) in [5.74, 6) is 0.430. The van der Waals surface area contributed by atoms with Gasteiger partial charge in [-0.25, -0.2) is 4.68 Å². The summed E-state index contributed by atoms with van der Waals surface area (Å²) in [6.07, 6.45) is 5.68. The molecule has 0 saturated carbocycles. The van der Waals surface area contributed by atoms with Crippen LogP contribution >= 0.6 is 0 Å². The molecule has 6 heteroatoms. The smallest absolute Gasteiger partial charge is 0.230 e. The van der Waals surface area contributed by atoms with Crippen LogP contribution in [0, 0.1) is 0 Å². The van der Waals surface area contributed by atoms with Crippen LogP contribution in [-0.4, -0.2) is 25.5 Å². The SMILES string of the molecule is O=C(Cc1cnn(-c2ccccc2)c1)Nc1ccn(Cc2ccccc2)n1. The van der Waals surface area contributed by atoms with Crippen molar-refractivity contribution in [3.05, 3.63) is 96.4 Å². The van der Waals surface area contributed by atoms with Crippen LogP contribution in [0.15, 0.2) is 85.3 Å². The molecule has 134 valence electrons. The summed E-state index contributed by atoms with van der Waals surface area (Å²) in [6, 6.07) is 21.7. The number of aromatic nitrogens is 4. The number of para-hydroxylation sites is 1. The van der Waals surface area contributed by atoms with Crippen molar-refractivity contribution in [3.8, 4) is 5.69 Å². The van der Waals surface area contributed by atoms with Gasteiger partial charge in [-0.15, -0.1) is 0 Å². The Balaban J connectivity index is 1.35. The predicted molar refractivity (Wildman–Crippen MR) is 104 cm³/mol. The first-order chi connectivity index (χ1) is 13.3. The molecule has 0 spiro atoms. The Morgan fingerprint density at radius 1 is 0.926 bits per heavy atom. The Hall–Kier alpha value is -3.67. The summed E-state index contributed by atoms with van der Waals surface area (Å²) in [5, 5.41) is 11.6. The van der Waals surface area contributed by atoms with E-state index in [4.69, 9.17) is 0 Å². The van der Waals surface area contributed by atoms with Crippen molar-refractivity contribution >= 4 is 11.7 Å². The highest BCUT2D eigenvalue weighted by Crippen LogP contribution is 2.10. The number of amides is 1. The molecule has 27 heavy (non-hydrogen) atoms. The summed E-state index contributed by atoms with van der Waals surface area (Å²) in [4.78, 5) is 12.3. The van der Waals surface area contributed by atoms with Crippen LogP contribution in [0.5, 0.6) is 0 Å². The third-order valence-corrected chi connectivity index (χ3v) is 4.12. The van der Waals surface area contributed by atoms with Gasteiger partial charge in [0.25, 0.3) is 0 Å². The average molecular weight is 357 g/mol. The third kappa shape index (κ3) is 4.30. The lowest BCUT2D eigenvalue weighted by molar-refractivity contribution is -0.115. The monoisotopic (exact) mass is 357 g/mol. The normalized spacial score (nSPS) is 10.7. The first kappa shape index (κ1) is 16.8. The quantitative estimate of drug-likeness (QED) is 0.576. The van der Waals surface area contributed by atoms with Crippen LogP contribution in [0.1, 0.15) is 11.1 Å². The summed E-state index contributed by atoms with van der Waals surface area (Å²) >= 11 is 0. The van der Waals surface area contributed by atoms with Gasteiger partial charge < -0.3 is 5.32 Å². The van der Waals surface area contributed by atoms with Crippen molar-refractivity contribution in [1.29, 1.82) is 0 Å². The van der Waals surface area contributed by atoms with Gasteiger partial charge in [0.05, 0.1) is 24.8 Å². The van der Waals surface area contributed by atoms with Gasteiger partial charge in [0.2, 0.25) is 5.91 Å². The Morgan fingerprint density at radius 3 is 2.44 bits per heavy atom. The molecule has 4 aromatic rings. The lowest BCUT2D eigenvalue weighted by Gasteiger charge is -2.02. The van der Waals surface area contributed by atoms with E-state index in [0.29, 0.717) is 12.4 Å². The van der Waals surface area contributed by atoms with E-state index in [1.165, 1.54) is 0 Å². The van der Waals surface area contributed by atoms with E-state index in [0.717, 1.165) is 16.8 Å². The maximum atomic E-state index is 12.3.